The van der Waals surface area contributed by atoms with Crippen LogP contribution in [0.2, 0.25) is 0 Å². The molecule has 0 bridgehead atoms. The van der Waals surface area contributed by atoms with E-state index >= 15 is 0 Å². The third-order valence-corrected chi connectivity index (χ3v) is 4.39. The number of para-hydroxylation sites is 1. The summed E-state index contributed by atoms with van der Waals surface area (Å²) < 4.78 is 0. The molecule has 0 aromatic heterocycles. The Labute approximate surface area is 153 Å². The van der Waals surface area contributed by atoms with E-state index in [2.05, 4.69) is 11.4 Å². The highest BCUT2D eigenvalue weighted by molar-refractivity contribution is 5.91. The van der Waals surface area contributed by atoms with Crippen molar-refractivity contribution >= 4 is 11.6 Å². The maximum absolute atomic E-state index is 12.6. The van der Waals surface area contributed by atoms with Gasteiger partial charge in [0.05, 0.1) is 12.0 Å². The molecule has 2 unspecified atom stereocenters. The van der Waals surface area contributed by atoms with E-state index in [1.165, 1.54) is 0 Å². The molecule has 26 heavy (non-hydrogen) atoms. The number of anilines is 1. The van der Waals surface area contributed by atoms with Crippen LogP contribution >= 0.6 is 0 Å². The number of carbonyl (C=O) groups is 1. The van der Waals surface area contributed by atoms with Gasteiger partial charge in [-0.3, -0.25) is 4.79 Å². The van der Waals surface area contributed by atoms with Gasteiger partial charge in [-0.05, 0) is 23.3 Å². The average molecular weight is 340 g/mol. The second kappa shape index (κ2) is 8.64. The van der Waals surface area contributed by atoms with Gasteiger partial charge >= 0.3 is 0 Å². The molecule has 0 heterocycles. The van der Waals surface area contributed by atoms with Crippen LogP contribution in [0.1, 0.15) is 29.4 Å². The Morgan fingerprint density at radius 2 is 1.31 bits per heavy atom. The van der Waals surface area contributed by atoms with Crippen LogP contribution in [0.15, 0.2) is 91.0 Å². The summed E-state index contributed by atoms with van der Waals surface area (Å²) in [6.07, 6.45) is 0.242. The molecule has 0 fully saturated rings. The zero-order valence-electron chi connectivity index (χ0n) is 14.4. The molecule has 2 atom stereocenters. The molecule has 3 heteroatoms. The second-order valence-electron chi connectivity index (χ2n) is 6.15. The fourth-order valence-corrected chi connectivity index (χ4v) is 3.12. The Bertz CT molecular complexity index is 870. The van der Waals surface area contributed by atoms with Gasteiger partial charge in [0, 0.05) is 18.0 Å². The van der Waals surface area contributed by atoms with Gasteiger partial charge < -0.3 is 5.32 Å². The third-order valence-electron chi connectivity index (χ3n) is 4.39. The van der Waals surface area contributed by atoms with Gasteiger partial charge in [-0.25, -0.2) is 0 Å². The monoisotopic (exact) mass is 340 g/mol. The van der Waals surface area contributed by atoms with Crippen LogP contribution in [0.5, 0.6) is 0 Å². The fraction of sp³-hybridized carbons (Fsp3) is 0.130. The first-order valence-corrected chi connectivity index (χ1v) is 8.62. The van der Waals surface area contributed by atoms with Gasteiger partial charge in [-0.2, -0.15) is 5.26 Å². The highest BCUT2D eigenvalue weighted by Gasteiger charge is 2.27. The van der Waals surface area contributed by atoms with Crippen molar-refractivity contribution in [3.05, 3.63) is 102 Å². The number of benzene rings is 3. The molecule has 1 N–H and O–H groups in total. The van der Waals surface area contributed by atoms with Gasteiger partial charge in [-0.1, -0.05) is 78.9 Å². The van der Waals surface area contributed by atoms with Crippen molar-refractivity contribution in [2.24, 2.45) is 0 Å². The van der Waals surface area contributed by atoms with E-state index in [1.807, 2.05) is 91.0 Å². The number of nitrogens with zero attached hydrogens (tertiary/aromatic N) is 1. The Morgan fingerprint density at radius 1 is 0.808 bits per heavy atom. The molecule has 1 amide bonds. The smallest absolute Gasteiger partial charge is 0.225 e. The summed E-state index contributed by atoms with van der Waals surface area (Å²) in [6, 6.07) is 31.2. The highest BCUT2D eigenvalue weighted by atomic mass is 16.1. The molecule has 0 saturated carbocycles. The molecule has 0 aliphatic carbocycles. The molecule has 0 saturated heterocycles. The molecule has 0 spiro atoms. The Morgan fingerprint density at radius 3 is 1.85 bits per heavy atom. The van der Waals surface area contributed by atoms with Crippen LogP contribution in [0, 0.1) is 11.3 Å². The van der Waals surface area contributed by atoms with E-state index in [9.17, 15) is 10.1 Å². The number of carbonyl (C=O) groups excluding carboxylic acids is 1. The molecular weight excluding hydrogens is 320 g/mol. The molecule has 3 aromatic carbocycles. The van der Waals surface area contributed by atoms with Crippen molar-refractivity contribution in [3.8, 4) is 6.07 Å². The lowest BCUT2D eigenvalue weighted by Gasteiger charge is -2.22. The van der Waals surface area contributed by atoms with E-state index in [-0.39, 0.29) is 24.2 Å². The summed E-state index contributed by atoms with van der Waals surface area (Å²) in [6.45, 7) is 0. The van der Waals surface area contributed by atoms with Crippen molar-refractivity contribution in [3.63, 3.8) is 0 Å². The van der Waals surface area contributed by atoms with Crippen molar-refractivity contribution in [2.75, 3.05) is 5.32 Å². The summed E-state index contributed by atoms with van der Waals surface area (Å²) in [5, 5.41) is 12.8. The van der Waals surface area contributed by atoms with E-state index in [4.69, 9.17) is 0 Å². The first-order chi connectivity index (χ1) is 12.8. The highest BCUT2D eigenvalue weighted by Crippen LogP contribution is 2.35. The predicted octanol–water partition coefficient (Wildman–Crippen LogP) is 5.11. The number of rotatable bonds is 6. The Hall–Kier alpha value is -3.38. The Kier molecular flexibility index (Phi) is 5.80. The predicted molar refractivity (Wildman–Crippen MR) is 104 cm³/mol. The van der Waals surface area contributed by atoms with Crippen LogP contribution in [-0.2, 0) is 4.79 Å². The van der Waals surface area contributed by atoms with Crippen LogP contribution in [-0.4, -0.2) is 5.91 Å². The molecular formula is C23H20N2O. The molecule has 0 radical (unpaired) electrons. The summed E-state index contributed by atoms with van der Waals surface area (Å²) in [5.74, 6) is -0.700. The quantitative estimate of drug-likeness (QED) is 0.678. The van der Waals surface area contributed by atoms with Crippen molar-refractivity contribution in [1.82, 2.24) is 0 Å². The standard InChI is InChI=1S/C23H20N2O/c24-17-22(19-12-6-2-7-13-19)21(18-10-4-1-5-11-18)16-23(26)25-20-14-8-3-9-15-20/h1-15,21-22H,16H2,(H,25,26). The first kappa shape index (κ1) is 17.4. The molecule has 128 valence electrons. The normalized spacial score (nSPS) is 12.6. The van der Waals surface area contributed by atoms with E-state index in [0.717, 1.165) is 16.8 Å². The Balaban J connectivity index is 1.86. The maximum atomic E-state index is 12.6. The molecule has 0 aliphatic heterocycles. The van der Waals surface area contributed by atoms with E-state index in [0.29, 0.717) is 0 Å². The number of hydrogen-bond donors (Lipinski definition) is 1. The minimum atomic E-state index is -0.389. The first-order valence-electron chi connectivity index (χ1n) is 8.62. The minimum absolute atomic E-state index is 0.0961. The third kappa shape index (κ3) is 4.37. The number of nitriles is 1. The number of nitrogens with one attached hydrogen (secondary N) is 1. The van der Waals surface area contributed by atoms with Crippen LogP contribution in [0.4, 0.5) is 5.69 Å². The van der Waals surface area contributed by atoms with Crippen molar-refractivity contribution in [2.45, 2.75) is 18.3 Å². The van der Waals surface area contributed by atoms with Gasteiger partial charge in [0.25, 0.3) is 0 Å². The number of amides is 1. The van der Waals surface area contributed by atoms with Crippen molar-refractivity contribution in [1.29, 1.82) is 5.26 Å². The number of hydrogen-bond acceptors (Lipinski definition) is 2. The van der Waals surface area contributed by atoms with Gasteiger partial charge in [-0.15, -0.1) is 0 Å². The summed E-state index contributed by atoms with van der Waals surface area (Å²) in [4.78, 5) is 12.6. The molecule has 3 aromatic rings. The zero-order chi connectivity index (χ0) is 18.2. The molecule has 3 rings (SSSR count). The lowest BCUT2D eigenvalue weighted by molar-refractivity contribution is -0.116. The fourth-order valence-electron chi connectivity index (χ4n) is 3.12. The van der Waals surface area contributed by atoms with Crippen LogP contribution < -0.4 is 5.32 Å². The largest absolute Gasteiger partial charge is 0.326 e. The lowest BCUT2D eigenvalue weighted by Crippen LogP contribution is -2.19. The van der Waals surface area contributed by atoms with Gasteiger partial charge in [0.1, 0.15) is 0 Å². The summed E-state index contributed by atoms with van der Waals surface area (Å²) >= 11 is 0. The van der Waals surface area contributed by atoms with Crippen molar-refractivity contribution < 1.29 is 4.79 Å². The van der Waals surface area contributed by atoms with Gasteiger partial charge in [0.2, 0.25) is 5.91 Å². The van der Waals surface area contributed by atoms with Crippen LogP contribution in [0.25, 0.3) is 0 Å². The lowest BCUT2D eigenvalue weighted by atomic mass is 9.80. The van der Waals surface area contributed by atoms with Gasteiger partial charge in [0.15, 0.2) is 0 Å². The van der Waals surface area contributed by atoms with Crippen LogP contribution in [0.3, 0.4) is 0 Å². The molecule has 0 aliphatic rings. The minimum Gasteiger partial charge on any atom is -0.326 e. The average Bonchev–Trinajstić information content (AvgIpc) is 2.70. The summed E-state index contributed by atoms with van der Waals surface area (Å²) in [7, 11) is 0. The second-order valence-corrected chi connectivity index (χ2v) is 6.15. The van der Waals surface area contributed by atoms with E-state index in [1.54, 1.807) is 0 Å². The maximum Gasteiger partial charge on any atom is 0.225 e. The van der Waals surface area contributed by atoms with E-state index < -0.39 is 0 Å². The summed E-state index contributed by atoms with van der Waals surface area (Å²) in [5.41, 5.74) is 2.68. The molecule has 3 nitrogen and oxygen atoms in total. The topological polar surface area (TPSA) is 52.9 Å². The SMILES string of the molecule is N#CC(c1ccccc1)C(CC(=O)Nc1ccccc1)c1ccccc1. The zero-order valence-corrected chi connectivity index (χ0v) is 14.4.